The van der Waals surface area contributed by atoms with E-state index in [0.717, 1.165) is 37.6 Å². The van der Waals surface area contributed by atoms with Crippen LogP contribution in [-0.2, 0) is 13.1 Å². The van der Waals surface area contributed by atoms with E-state index in [9.17, 15) is 0 Å². The lowest BCUT2D eigenvalue weighted by Crippen LogP contribution is -2.40. The molecule has 0 aliphatic carbocycles. The number of nitrogens with one attached hydrogen (secondary N) is 2. The molecule has 0 saturated heterocycles. The molecule has 2 aromatic rings. The Balaban J connectivity index is 0.00000392. The molecule has 0 bridgehead atoms. The minimum atomic E-state index is 0. The standard InChI is InChI=1S/C21H30ClN5.HI/c1-4-23-21(26-15-19-10-11-20(22)25-14-19)24-13-12-17(2)27(3)16-18-8-6-5-7-9-18;/h5-11,14,17H,4,12-13,15-16H2,1-3H3,(H2,23,24,26);1H. The van der Waals surface area contributed by atoms with E-state index in [2.05, 4.69) is 76.7 Å². The van der Waals surface area contributed by atoms with Gasteiger partial charge in [-0.25, -0.2) is 9.98 Å². The van der Waals surface area contributed by atoms with Gasteiger partial charge in [-0.2, -0.15) is 0 Å². The van der Waals surface area contributed by atoms with Crippen molar-refractivity contribution in [3.63, 3.8) is 0 Å². The second kappa shape index (κ2) is 13.7. The summed E-state index contributed by atoms with van der Waals surface area (Å²) in [5.74, 6) is 0.824. The molecule has 154 valence electrons. The van der Waals surface area contributed by atoms with Crippen molar-refractivity contribution >= 4 is 41.5 Å². The van der Waals surface area contributed by atoms with Crippen LogP contribution in [0.1, 0.15) is 31.4 Å². The molecular weight excluding hydrogens is 485 g/mol. The van der Waals surface area contributed by atoms with E-state index in [1.165, 1.54) is 5.56 Å². The zero-order valence-electron chi connectivity index (χ0n) is 16.9. The Hall–Kier alpha value is -1.38. The molecule has 1 unspecified atom stereocenters. The third-order valence-corrected chi connectivity index (χ3v) is 4.66. The largest absolute Gasteiger partial charge is 0.357 e. The van der Waals surface area contributed by atoms with E-state index < -0.39 is 0 Å². The SMILES string of the molecule is CCNC(=NCc1ccc(Cl)nc1)NCCC(C)N(C)Cc1ccccc1.I. The average molecular weight is 516 g/mol. The topological polar surface area (TPSA) is 52.6 Å². The highest BCUT2D eigenvalue weighted by atomic mass is 127. The number of benzene rings is 1. The lowest BCUT2D eigenvalue weighted by Gasteiger charge is -2.25. The number of nitrogens with zero attached hydrogens (tertiary/aromatic N) is 3. The van der Waals surface area contributed by atoms with Crippen molar-refractivity contribution < 1.29 is 0 Å². The van der Waals surface area contributed by atoms with E-state index >= 15 is 0 Å². The van der Waals surface area contributed by atoms with Crippen LogP contribution in [-0.4, -0.2) is 42.0 Å². The van der Waals surface area contributed by atoms with Crippen LogP contribution in [0.2, 0.25) is 5.15 Å². The molecule has 0 saturated carbocycles. The van der Waals surface area contributed by atoms with E-state index in [-0.39, 0.29) is 24.0 Å². The molecule has 0 radical (unpaired) electrons. The second-order valence-corrected chi connectivity index (χ2v) is 7.04. The van der Waals surface area contributed by atoms with Crippen LogP contribution in [0, 0.1) is 0 Å². The van der Waals surface area contributed by atoms with Crippen molar-refractivity contribution in [3.8, 4) is 0 Å². The highest BCUT2D eigenvalue weighted by Crippen LogP contribution is 2.08. The molecule has 1 heterocycles. The molecule has 5 nitrogen and oxygen atoms in total. The third-order valence-electron chi connectivity index (χ3n) is 4.43. The Morgan fingerprint density at radius 2 is 1.89 bits per heavy atom. The predicted molar refractivity (Wildman–Crippen MR) is 129 cm³/mol. The van der Waals surface area contributed by atoms with Crippen LogP contribution >= 0.6 is 35.6 Å². The van der Waals surface area contributed by atoms with Crippen molar-refractivity contribution in [3.05, 3.63) is 64.9 Å². The quantitative estimate of drug-likeness (QED) is 0.226. The van der Waals surface area contributed by atoms with E-state index in [1.54, 1.807) is 12.3 Å². The molecule has 0 amide bonds. The van der Waals surface area contributed by atoms with Gasteiger partial charge in [-0.15, -0.1) is 24.0 Å². The van der Waals surface area contributed by atoms with Crippen molar-refractivity contribution in [2.45, 2.75) is 39.4 Å². The predicted octanol–water partition coefficient (Wildman–Crippen LogP) is 4.32. The molecule has 2 rings (SSSR count). The van der Waals surface area contributed by atoms with Gasteiger partial charge in [0.15, 0.2) is 5.96 Å². The first-order valence-corrected chi connectivity index (χ1v) is 9.83. The van der Waals surface area contributed by atoms with E-state index in [4.69, 9.17) is 11.6 Å². The number of aliphatic imine (C=N–C) groups is 1. The highest BCUT2D eigenvalue weighted by Gasteiger charge is 2.09. The minimum Gasteiger partial charge on any atom is -0.357 e. The number of aromatic nitrogens is 1. The Kier molecular flexibility index (Phi) is 12.1. The Labute approximate surface area is 191 Å². The summed E-state index contributed by atoms with van der Waals surface area (Å²) in [6.45, 7) is 7.55. The normalized spacial score (nSPS) is 12.4. The van der Waals surface area contributed by atoms with Crippen molar-refractivity contribution in [1.82, 2.24) is 20.5 Å². The Morgan fingerprint density at radius 1 is 1.14 bits per heavy atom. The highest BCUT2D eigenvalue weighted by molar-refractivity contribution is 14.0. The number of rotatable bonds is 9. The van der Waals surface area contributed by atoms with Crippen LogP contribution in [0.5, 0.6) is 0 Å². The maximum absolute atomic E-state index is 5.82. The monoisotopic (exact) mass is 515 g/mol. The molecule has 0 aliphatic rings. The zero-order chi connectivity index (χ0) is 19.5. The third kappa shape index (κ3) is 9.21. The zero-order valence-corrected chi connectivity index (χ0v) is 19.9. The van der Waals surface area contributed by atoms with Crippen LogP contribution in [0.15, 0.2) is 53.7 Å². The summed E-state index contributed by atoms with van der Waals surface area (Å²) >= 11 is 5.82. The van der Waals surface area contributed by atoms with E-state index in [1.807, 2.05) is 6.07 Å². The molecule has 0 aliphatic heterocycles. The lowest BCUT2D eigenvalue weighted by molar-refractivity contribution is 0.238. The Morgan fingerprint density at radius 3 is 2.54 bits per heavy atom. The van der Waals surface area contributed by atoms with Crippen molar-refractivity contribution in [2.75, 3.05) is 20.1 Å². The summed E-state index contributed by atoms with van der Waals surface area (Å²) < 4.78 is 0. The van der Waals surface area contributed by atoms with Crippen molar-refractivity contribution in [1.29, 1.82) is 0 Å². The number of guanidine groups is 1. The fourth-order valence-corrected chi connectivity index (χ4v) is 2.77. The van der Waals surface area contributed by atoms with Crippen LogP contribution in [0.3, 0.4) is 0 Å². The molecular formula is C21H31ClIN5. The molecule has 2 N–H and O–H groups in total. The minimum absolute atomic E-state index is 0. The number of halogens is 2. The van der Waals surface area contributed by atoms with Gasteiger partial charge in [0.2, 0.25) is 0 Å². The molecule has 1 atom stereocenters. The summed E-state index contributed by atoms with van der Waals surface area (Å²) in [5.41, 5.74) is 2.37. The summed E-state index contributed by atoms with van der Waals surface area (Å²) in [5, 5.41) is 7.20. The van der Waals surface area contributed by atoms with Gasteiger partial charge in [0.05, 0.1) is 6.54 Å². The smallest absolute Gasteiger partial charge is 0.191 e. The number of pyridine rings is 1. The fraction of sp³-hybridized carbons (Fsp3) is 0.429. The first kappa shape index (κ1) is 24.7. The van der Waals surface area contributed by atoms with Crippen molar-refractivity contribution in [2.24, 2.45) is 4.99 Å². The summed E-state index contributed by atoms with van der Waals surface area (Å²) in [6, 6.07) is 14.8. The first-order valence-electron chi connectivity index (χ1n) is 9.45. The van der Waals surface area contributed by atoms with Gasteiger partial charge in [-0.3, -0.25) is 4.90 Å². The van der Waals surface area contributed by atoms with Gasteiger partial charge in [0, 0.05) is 31.9 Å². The molecule has 0 fully saturated rings. The van der Waals surface area contributed by atoms with Gasteiger partial charge in [-0.1, -0.05) is 48.0 Å². The van der Waals surface area contributed by atoms with Gasteiger partial charge in [0.25, 0.3) is 0 Å². The van der Waals surface area contributed by atoms with Gasteiger partial charge >= 0.3 is 0 Å². The summed E-state index contributed by atoms with van der Waals surface area (Å²) in [4.78, 5) is 11.1. The number of hydrogen-bond acceptors (Lipinski definition) is 3. The first-order chi connectivity index (χ1) is 13.1. The second-order valence-electron chi connectivity index (χ2n) is 6.65. The van der Waals surface area contributed by atoms with Gasteiger partial charge in [-0.05, 0) is 44.5 Å². The molecule has 1 aromatic carbocycles. The number of hydrogen-bond donors (Lipinski definition) is 2. The lowest BCUT2D eigenvalue weighted by atomic mass is 10.1. The van der Waals surface area contributed by atoms with Crippen LogP contribution in [0.25, 0.3) is 0 Å². The molecule has 1 aromatic heterocycles. The summed E-state index contributed by atoms with van der Waals surface area (Å²) in [6.07, 6.45) is 2.80. The maximum Gasteiger partial charge on any atom is 0.191 e. The maximum atomic E-state index is 5.82. The summed E-state index contributed by atoms with van der Waals surface area (Å²) in [7, 11) is 2.17. The fourth-order valence-electron chi connectivity index (χ4n) is 2.66. The average Bonchev–Trinajstić information content (AvgIpc) is 2.68. The van der Waals surface area contributed by atoms with Crippen LogP contribution in [0.4, 0.5) is 0 Å². The molecule has 7 heteroatoms. The molecule has 28 heavy (non-hydrogen) atoms. The van der Waals surface area contributed by atoms with E-state index in [0.29, 0.717) is 17.7 Å². The molecule has 0 spiro atoms. The van der Waals surface area contributed by atoms with Gasteiger partial charge < -0.3 is 10.6 Å². The van der Waals surface area contributed by atoms with Crippen LogP contribution < -0.4 is 10.6 Å². The van der Waals surface area contributed by atoms with Gasteiger partial charge in [0.1, 0.15) is 5.15 Å². The Bertz CT molecular complexity index is 694.